The lowest BCUT2D eigenvalue weighted by molar-refractivity contribution is -0.384. The van der Waals surface area contributed by atoms with Gasteiger partial charge in [-0.3, -0.25) is 19.7 Å². The summed E-state index contributed by atoms with van der Waals surface area (Å²) in [6, 6.07) is 17.9. The molecule has 0 aromatic heterocycles. The van der Waals surface area contributed by atoms with Gasteiger partial charge in [-0.2, -0.15) is 0 Å². The Morgan fingerprint density at radius 3 is 2.31 bits per heavy atom. The summed E-state index contributed by atoms with van der Waals surface area (Å²) in [6.45, 7) is 0. The maximum Gasteiger partial charge on any atom is 0.270 e. The number of carbonyl (C=O) groups excluding carboxylic acids is 2. The molecule has 3 aromatic rings. The SMILES string of the molecule is O=C(CCc1ccc(F)cc1)Nc1ccc([N+](=O)[O-])cc1C(=O)c1ccccc1. The van der Waals surface area contributed by atoms with Crippen molar-refractivity contribution < 1.29 is 18.9 Å². The molecule has 3 rings (SSSR count). The van der Waals surface area contributed by atoms with E-state index in [1.54, 1.807) is 42.5 Å². The highest BCUT2D eigenvalue weighted by Gasteiger charge is 2.19. The number of aryl methyl sites for hydroxylation is 1. The van der Waals surface area contributed by atoms with Crippen LogP contribution in [0.15, 0.2) is 72.8 Å². The normalized spacial score (nSPS) is 10.4. The number of ketones is 1. The molecule has 0 aliphatic rings. The third-order valence-electron chi connectivity index (χ3n) is 4.32. The lowest BCUT2D eigenvalue weighted by atomic mass is 10.0. The molecule has 0 aliphatic heterocycles. The third-order valence-corrected chi connectivity index (χ3v) is 4.32. The van der Waals surface area contributed by atoms with Gasteiger partial charge in [0.15, 0.2) is 5.78 Å². The minimum atomic E-state index is -0.595. The molecule has 7 heteroatoms. The molecule has 0 heterocycles. The average Bonchev–Trinajstić information content (AvgIpc) is 2.73. The van der Waals surface area contributed by atoms with E-state index in [0.717, 1.165) is 11.6 Å². The van der Waals surface area contributed by atoms with E-state index >= 15 is 0 Å². The quantitative estimate of drug-likeness (QED) is 0.363. The van der Waals surface area contributed by atoms with Gasteiger partial charge in [-0.05, 0) is 30.2 Å². The van der Waals surface area contributed by atoms with Crippen LogP contribution in [0.2, 0.25) is 0 Å². The van der Waals surface area contributed by atoms with Crippen molar-refractivity contribution in [2.45, 2.75) is 12.8 Å². The lowest BCUT2D eigenvalue weighted by Crippen LogP contribution is -2.16. The molecule has 0 radical (unpaired) electrons. The number of hydrogen-bond donors (Lipinski definition) is 1. The molecule has 0 unspecified atom stereocenters. The molecule has 0 atom stereocenters. The maximum absolute atomic E-state index is 13.0. The van der Waals surface area contributed by atoms with E-state index in [1.807, 2.05) is 0 Å². The number of rotatable bonds is 7. The molecule has 6 nitrogen and oxygen atoms in total. The first kappa shape index (κ1) is 19.9. The van der Waals surface area contributed by atoms with Gasteiger partial charge < -0.3 is 5.32 Å². The van der Waals surface area contributed by atoms with Crippen LogP contribution in [0, 0.1) is 15.9 Å². The third kappa shape index (κ3) is 5.10. The van der Waals surface area contributed by atoms with Crippen molar-refractivity contribution in [2.75, 3.05) is 5.32 Å². The zero-order valence-corrected chi connectivity index (χ0v) is 15.3. The Kier molecular flexibility index (Phi) is 6.09. The van der Waals surface area contributed by atoms with Crippen LogP contribution in [-0.2, 0) is 11.2 Å². The standard InChI is InChI=1S/C22H17FN2O4/c23-17-9-6-15(7-10-17)8-13-21(26)24-20-12-11-18(25(28)29)14-19(20)22(27)16-4-2-1-3-5-16/h1-7,9-12,14H,8,13H2,(H,24,26). The Labute approximate surface area is 166 Å². The number of anilines is 1. The smallest absolute Gasteiger partial charge is 0.270 e. The van der Waals surface area contributed by atoms with Gasteiger partial charge in [0.2, 0.25) is 5.91 Å². The minimum Gasteiger partial charge on any atom is -0.325 e. The summed E-state index contributed by atoms with van der Waals surface area (Å²) in [7, 11) is 0. The summed E-state index contributed by atoms with van der Waals surface area (Å²) in [4.78, 5) is 35.7. The fourth-order valence-corrected chi connectivity index (χ4v) is 2.81. The monoisotopic (exact) mass is 392 g/mol. The van der Waals surface area contributed by atoms with Gasteiger partial charge in [0.25, 0.3) is 5.69 Å². The number of halogens is 1. The summed E-state index contributed by atoms with van der Waals surface area (Å²) in [6.07, 6.45) is 0.503. The number of nitrogens with one attached hydrogen (secondary N) is 1. The maximum atomic E-state index is 13.0. The second-order valence-electron chi connectivity index (χ2n) is 6.36. The van der Waals surface area contributed by atoms with Crippen LogP contribution in [0.4, 0.5) is 15.8 Å². The average molecular weight is 392 g/mol. The van der Waals surface area contributed by atoms with E-state index in [4.69, 9.17) is 0 Å². The van der Waals surface area contributed by atoms with E-state index in [9.17, 15) is 24.1 Å². The number of non-ortho nitro benzene ring substituents is 1. The fraction of sp³-hybridized carbons (Fsp3) is 0.0909. The molecule has 0 fully saturated rings. The number of benzene rings is 3. The van der Waals surface area contributed by atoms with Crippen LogP contribution < -0.4 is 5.32 Å². The Bertz CT molecular complexity index is 1050. The Morgan fingerprint density at radius 1 is 0.966 bits per heavy atom. The van der Waals surface area contributed by atoms with Gasteiger partial charge in [-0.25, -0.2) is 4.39 Å². The fourth-order valence-electron chi connectivity index (χ4n) is 2.81. The number of nitrogens with zero attached hydrogens (tertiary/aromatic N) is 1. The molecule has 0 aliphatic carbocycles. The molecule has 0 saturated heterocycles. The first-order valence-electron chi connectivity index (χ1n) is 8.86. The van der Waals surface area contributed by atoms with Crippen molar-refractivity contribution in [1.29, 1.82) is 0 Å². The van der Waals surface area contributed by atoms with Gasteiger partial charge in [-0.15, -0.1) is 0 Å². The molecular formula is C22H17FN2O4. The largest absolute Gasteiger partial charge is 0.325 e. The van der Waals surface area contributed by atoms with Crippen molar-refractivity contribution in [3.8, 4) is 0 Å². The van der Waals surface area contributed by atoms with E-state index in [2.05, 4.69) is 5.32 Å². The van der Waals surface area contributed by atoms with Crippen molar-refractivity contribution in [2.24, 2.45) is 0 Å². The van der Waals surface area contributed by atoms with E-state index in [1.165, 1.54) is 24.3 Å². The van der Waals surface area contributed by atoms with Crippen molar-refractivity contribution in [3.63, 3.8) is 0 Å². The molecule has 1 N–H and O–H groups in total. The predicted molar refractivity (Wildman–Crippen MR) is 106 cm³/mol. The number of amides is 1. The van der Waals surface area contributed by atoms with E-state index < -0.39 is 10.7 Å². The Hall–Kier alpha value is -3.87. The number of nitro groups is 1. The highest BCUT2D eigenvalue weighted by Crippen LogP contribution is 2.25. The first-order valence-corrected chi connectivity index (χ1v) is 8.86. The highest BCUT2D eigenvalue weighted by atomic mass is 19.1. The van der Waals surface area contributed by atoms with Crippen molar-refractivity contribution in [1.82, 2.24) is 0 Å². The topological polar surface area (TPSA) is 89.3 Å². The molecule has 3 aromatic carbocycles. The zero-order valence-electron chi connectivity index (χ0n) is 15.3. The van der Waals surface area contributed by atoms with Crippen LogP contribution in [0.5, 0.6) is 0 Å². The summed E-state index contributed by atoms with van der Waals surface area (Å²) < 4.78 is 13.0. The van der Waals surface area contributed by atoms with Gasteiger partial charge in [0.1, 0.15) is 5.82 Å². The van der Waals surface area contributed by atoms with Gasteiger partial charge in [-0.1, -0.05) is 42.5 Å². The lowest BCUT2D eigenvalue weighted by Gasteiger charge is -2.11. The van der Waals surface area contributed by atoms with Crippen molar-refractivity contribution in [3.05, 3.63) is 105 Å². The zero-order chi connectivity index (χ0) is 20.8. The van der Waals surface area contributed by atoms with Crippen LogP contribution in [0.25, 0.3) is 0 Å². The highest BCUT2D eigenvalue weighted by molar-refractivity contribution is 6.14. The van der Waals surface area contributed by atoms with Crippen LogP contribution >= 0.6 is 0 Å². The van der Waals surface area contributed by atoms with Crippen LogP contribution in [-0.4, -0.2) is 16.6 Å². The van der Waals surface area contributed by atoms with Crippen LogP contribution in [0.1, 0.15) is 27.9 Å². The molecular weight excluding hydrogens is 375 g/mol. The molecule has 0 spiro atoms. The van der Waals surface area contributed by atoms with E-state index in [0.29, 0.717) is 12.0 Å². The molecule has 0 saturated carbocycles. The number of hydrogen-bond acceptors (Lipinski definition) is 4. The molecule has 1 amide bonds. The summed E-state index contributed by atoms with van der Waals surface area (Å²) in [5, 5.41) is 13.8. The summed E-state index contributed by atoms with van der Waals surface area (Å²) in [5.41, 5.74) is 1.16. The first-order chi connectivity index (χ1) is 13.9. The Morgan fingerprint density at radius 2 is 1.66 bits per heavy atom. The van der Waals surface area contributed by atoms with Crippen molar-refractivity contribution >= 4 is 23.1 Å². The summed E-state index contributed by atoms with van der Waals surface area (Å²) >= 11 is 0. The van der Waals surface area contributed by atoms with Gasteiger partial charge in [0.05, 0.1) is 16.2 Å². The minimum absolute atomic E-state index is 0.0422. The van der Waals surface area contributed by atoms with Crippen LogP contribution in [0.3, 0.4) is 0 Å². The van der Waals surface area contributed by atoms with Gasteiger partial charge in [0, 0.05) is 24.1 Å². The van der Waals surface area contributed by atoms with E-state index in [-0.39, 0.29) is 35.1 Å². The molecule has 29 heavy (non-hydrogen) atoms. The second-order valence-corrected chi connectivity index (χ2v) is 6.36. The second kappa shape index (κ2) is 8.88. The number of carbonyl (C=O) groups is 2. The predicted octanol–water partition coefficient (Wildman–Crippen LogP) is 4.54. The number of nitro benzene ring substituents is 1. The summed E-state index contributed by atoms with van der Waals surface area (Å²) in [5.74, 6) is -1.14. The Balaban J connectivity index is 1.80. The molecule has 146 valence electrons. The molecule has 0 bridgehead atoms. The van der Waals surface area contributed by atoms with Gasteiger partial charge >= 0.3 is 0 Å².